The summed E-state index contributed by atoms with van der Waals surface area (Å²) in [6.07, 6.45) is 0.118. The zero-order valence-corrected chi connectivity index (χ0v) is 16.6. The monoisotopic (exact) mass is 412 g/mol. The Bertz CT molecular complexity index is 998. The van der Waals surface area contributed by atoms with E-state index in [1.54, 1.807) is 43.5 Å². The van der Waals surface area contributed by atoms with Crippen LogP contribution in [0.1, 0.15) is 23.5 Å². The quantitative estimate of drug-likeness (QED) is 0.825. The maximum Gasteiger partial charge on any atom is 0.231 e. The summed E-state index contributed by atoms with van der Waals surface area (Å²) in [5.41, 5.74) is 0.459. The van der Waals surface area contributed by atoms with Gasteiger partial charge in [-0.3, -0.25) is 9.69 Å². The number of fused-ring (bicyclic) bond motifs is 1. The van der Waals surface area contributed by atoms with Crippen LogP contribution in [0.3, 0.4) is 0 Å². The van der Waals surface area contributed by atoms with Crippen molar-refractivity contribution >= 4 is 29.3 Å². The van der Waals surface area contributed by atoms with Gasteiger partial charge in [-0.2, -0.15) is 5.26 Å². The number of aliphatic hydroxyl groups is 1. The Balaban J connectivity index is 1.77. The number of rotatable bonds is 3. The average Bonchev–Trinajstić information content (AvgIpc) is 3.08. The molecule has 0 radical (unpaired) electrons. The number of allylic oxidation sites excluding steroid dienone is 1. The number of halogens is 1. The fraction of sp³-hybridized carbons (Fsp3) is 0.238. The molecule has 28 heavy (non-hydrogen) atoms. The molecule has 1 amide bonds. The largest absolute Gasteiger partial charge is 0.497 e. The molecule has 2 heterocycles. The summed E-state index contributed by atoms with van der Waals surface area (Å²) >= 11 is 7.30. The van der Waals surface area contributed by atoms with Crippen molar-refractivity contribution in [3.8, 4) is 11.8 Å². The average molecular weight is 413 g/mol. The minimum atomic E-state index is -1.49. The Morgan fingerprint density at radius 2 is 1.93 bits per heavy atom. The van der Waals surface area contributed by atoms with Gasteiger partial charge in [0.05, 0.1) is 29.5 Å². The SMILES string of the molecule is COc1ccc(C2(O)CSC3=C(C#N)C(c4ccc(Cl)cc4)CC(=O)N32)cc1. The van der Waals surface area contributed by atoms with Crippen LogP contribution in [0.4, 0.5) is 0 Å². The number of ether oxygens (including phenoxy) is 1. The molecule has 1 fully saturated rings. The normalized spacial score (nSPS) is 24.1. The molecule has 0 spiro atoms. The molecule has 2 aliphatic heterocycles. The van der Waals surface area contributed by atoms with Crippen LogP contribution in [-0.4, -0.2) is 28.8 Å². The number of amides is 1. The van der Waals surface area contributed by atoms with E-state index in [2.05, 4.69) is 6.07 Å². The summed E-state index contributed by atoms with van der Waals surface area (Å²) in [6.45, 7) is 0. The van der Waals surface area contributed by atoms with E-state index in [1.165, 1.54) is 16.7 Å². The summed E-state index contributed by atoms with van der Waals surface area (Å²) in [7, 11) is 1.57. The molecule has 2 aromatic rings. The van der Waals surface area contributed by atoms with Gasteiger partial charge < -0.3 is 9.84 Å². The zero-order chi connectivity index (χ0) is 19.9. The van der Waals surface area contributed by atoms with Crippen molar-refractivity contribution in [3.05, 3.63) is 75.3 Å². The fourth-order valence-electron chi connectivity index (χ4n) is 3.68. The van der Waals surface area contributed by atoms with Gasteiger partial charge in [0.1, 0.15) is 5.75 Å². The standard InChI is InChI=1S/C21H17ClN2O3S/c1-27-16-8-4-14(5-9-16)21(26)12-28-20-18(11-23)17(10-19(25)24(20)21)13-2-6-15(22)7-3-13/h2-9,17,26H,10,12H2,1H3. The third-order valence-electron chi connectivity index (χ3n) is 5.14. The van der Waals surface area contributed by atoms with Crippen LogP contribution in [-0.2, 0) is 10.5 Å². The van der Waals surface area contributed by atoms with Gasteiger partial charge in [0.2, 0.25) is 5.91 Å². The topological polar surface area (TPSA) is 73.6 Å². The molecule has 142 valence electrons. The highest BCUT2D eigenvalue weighted by atomic mass is 35.5. The van der Waals surface area contributed by atoms with E-state index >= 15 is 0 Å². The van der Waals surface area contributed by atoms with Crippen LogP contribution in [0.2, 0.25) is 5.02 Å². The van der Waals surface area contributed by atoms with Crippen LogP contribution in [0, 0.1) is 11.3 Å². The lowest BCUT2D eigenvalue weighted by Gasteiger charge is -2.38. The predicted molar refractivity (Wildman–Crippen MR) is 108 cm³/mol. The molecule has 0 saturated carbocycles. The number of carbonyl (C=O) groups is 1. The third-order valence-corrected chi connectivity index (χ3v) is 6.61. The predicted octanol–water partition coefficient (Wildman–Crippen LogP) is 3.99. The first kappa shape index (κ1) is 18.9. The lowest BCUT2D eigenvalue weighted by molar-refractivity contribution is -0.149. The molecule has 1 N–H and O–H groups in total. The number of benzene rings is 2. The summed E-state index contributed by atoms with van der Waals surface area (Å²) in [5.74, 6) is 0.377. The number of carbonyl (C=O) groups excluding carboxylic acids is 1. The number of nitriles is 1. The molecule has 0 aromatic heterocycles. The van der Waals surface area contributed by atoms with Crippen molar-refractivity contribution in [1.29, 1.82) is 5.26 Å². The first-order valence-electron chi connectivity index (χ1n) is 8.70. The van der Waals surface area contributed by atoms with Crippen LogP contribution in [0.5, 0.6) is 5.75 Å². The molecule has 2 unspecified atom stereocenters. The van der Waals surface area contributed by atoms with E-state index in [0.29, 0.717) is 26.9 Å². The number of hydrogen-bond acceptors (Lipinski definition) is 5. The lowest BCUT2D eigenvalue weighted by atomic mass is 9.85. The van der Waals surface area contributed by atoms with Gasteiger partial charge in [0.15, 0.2) is 5.72 Å². The van der Waals surface area contributed by atoms with Crippen molar-refractivity contribution in [2.24, 2.45) is 0 Å². The van der Waals surface area contributed by atoms with Crippen LogP contribution < -0.4 is 4.74 Å². The Morgan fingerprint density at radius 1 is 1.25 bits per heavy atom. The van der Waals surface area contributed by atoms with E-state index in [1.807, 2.05) is 12.1 Å². The molecule has 2 aliphatic rings. The maximum atomic E-state index is 13.1. The second-order valence-electron chi connectivity index (χ2n) is 6.70. The molecular formula is C21H17ClN2O3S. The third kappa shape index (κ3) is 2.96. The molecule has 0 aliphatic carbocycles. The van der Waals surface area contributed by atoms with E-state index in [9.17, 15) is 15.2 Å². The van der Waals surface area contributed by atoms with Gasteiger partial charge >= 0.3 is 0 Å². The molecular weight excluding hydrogens is 396 g/mol. The minimum absolute atomic E-state index is 0.118. The maximum absolute atomic E-state index is 13.1. The van der Waals surface area contributed by atoms with Crippen LogP contribution in [0.25, 0.3) is 0 Å². The van der Waals surface area contributed by atoms with E-state index in [4.69, 9.17) is 16.3 Å². The zero-order valence-electron chi connectivity index (χ0n) is 15.1. The number of nitrogens with zero attached hydrogens (tertiary/aromatic N) is 2. The molecule has 0 bridgehead atoms. The van der Waals surface area contributed by atoms with Crippen molar-refractivity contribution in [2.45, 2.75) is 18.1 Å². The molecule has 1 saturated heterocycles. The van der Waals surface area contributed by atoms with E-state index in [0.717, 1.165) is 5.56 Å². The molecule has 4 rings (SSSR count). The Morgan fingerprint density at radius 3 is 2.54 bits per heavy atom. The van der Waals surface area contributed by atoms with Gasteiger partial charge in [-0.1, -0.05) is 35.9 Å². The highest BCUT2D eigenvalue weighted by molar-refractivity contribution is 8.03. The van der Waals surface area contributed by atoms with Gasteiger partial charge in [0.25, 0.3) is 0 Å². The van der Waals surface area contributed by atoms with Crippen LogP contribution >= 0.6 is 23.4 Å². The van der Waals surface area contributed by atoms with Crippen molar-refractivity contribution in [1.82, 2.24) is 4.90 Å². The molecule has 5 nitrogen and oxygen atoms in total. The Labute approximate surface area is 172 Å². The second kappa shape index (κ2) is 7.17. The van der Waals surface area contributed by atoms with Crippen LogP contribution in [0.15, 0.2) is 59.1 Å². The molecule has 2 aromatic carbocycles. The van der Waals surface area contributed by atoms with E-state index in [-0.39, 0.29) is 24.0 Å². The summed E-state index contributed by atoms with van der Waals surface area (Å²) < 4.78 is 5.17. The number of methoxy groups -OCH3 is 1. The summed E-state index contributed by atoms with van der Waals surface area (Å²) in [6, 6.07) is 16.4. The van der Waals surface area contributed by atoms with Gasteiger partial charge in [-0.05, 0) is 29.8 Å². The Hall–Kier alpha value is -2.46. The van der Waals surface area contributed by atoms with Gasteiger partial charge in [-0.15, -0.1) is 11.8 Å². The highest BCUT2D eigenvalue weighted by Gasteiger charge is 2.51. The second-order valence-corrected chi connectivity index (χ2v) is 8.10. The minimum Gasteiger partial charge on any atom is -0.497 e. The summed E-state index contributed by atoms with van der Waals surface area (Å²) in [5, 5.41) is 22.3. The van der Waals surface area contributed by atoms with Gasteiger partial charge in [-0.25, -0.2) is 0 Å². The number of thioether (sulfide) groups is 1. The smallest absolute Gasteiger partial charge is 0.231 e. The Kier molecular flexibility index (Phi) is 4.84. The highest BCUT2D eigenvalue weighted by Crippen LogP contribution is 2.51. The lowest BCUT2D eigenvalue weighted by Crippen LogP contribution is -2.48. The molecule has 7 heteroatoms. The van der Waals surface area contributed by atoms with E-state index < -0.39 is 5.72 Å². The van der Waals surface area contributed by atoms with Crippen molar-refractivity contribution in [2.75, 3.05) is 12.9 Å². The van der Waals surface area contributed by atoms with Crippen molar-refractivity contribution in [3.63, 3.8) is 0 Å². The van der Waals surface area contributed by atoms with Gasteiger partial charge in [0, 0.05) is 22.9 Å². The first-order valence-corrected chi connectivity index (χ1v) is 10.1. The molecule has 2 atom stereocenters. The first-order chi connectivity index (χ1) is 13.5. The summed E-state index contributed by atoms with van der Waals surface area (Å²) in [4.78, 5) is 14.4. The number of hydrogen-bond donors (Lipinski definition) is 1. The fourth-order valence-corrected chi connectivity index (χ4v) is 5.16. The van der Waals surface area contributed by atoms with Crippen molar-refractivity contribution < 1.29 is 14.6 Å².